The topological polar surface area (TPSA) is 81.4 Å². The van der Waals surface area contributed by atoms with Gasteiger partial charge in [-0.2, -0.15) is 0 Å². The van der Waals surface area contributed by atoms with Gasteiger partial charge in [-0.25, -0.2) is 4.79 Å². The molecule has 0 unspecified atom stereocenters. The number of esters is 1. The van der Waals surface area contributed by atoms with Gasteiger partial charge in [-0.1, -0.05) is 35.5 Å². The molecule has 0 aliphatic carbocycles. The van der Waals surface area contributed by atoms with Gasteiger partial charge in [0.2, 0.25) is 0 Å². The van der Waals surface area contributed by atoms with E-state index in [9.17, 15) is 9.59 Å². The Balaban J connectivity index is 2.00. The number of hydrogen-bond acceptors (Lipinski definition) is 6. The van der Waals surface area contributed by atoms with Crippen molar-refractivity contribution in [2.24, 2.45) is 0 Å². The second-order valence-corrected chi connectivity index (χ2v) is 6.99. The zero-order chi connectivity index (χ0) is 18.8. The molecule has 0 fully saturated rings. The Labute approximate surface area is 154 Å². The number of hydrogen-bond donors (Lipinski definition) is 1. The van der Waals surface area contributed by atoms with Crippen molar-refractivity contribution in [3.8, 4) is 11.3 Å². The Hall–Kier alpha value is -2.93. The van der Waals surface area contributed by atoms with Crippen LogP contribution in [0.1, 0.15) is 36.9 Å². The quantitative estimate of drug-likeness (QED) is 0.690. The fraction of sp³-hybridized carbons (Fsp3) is 0.211. The van der Waals surface area contributed by atoms with E-state index in [0.29, 0.717) is 27.6 Å². The monoisotopic (exact) mass is 370 g/mol. The lowest BCUT2D eigenvalue weighted by molar-refractivity contribution is 0.0601. The number of aromatic nitrogens is 1. The van der Waals surface area contributed by atoms with Gasteiger partial charge in [0.25, 0.3) is 5.91 Å². The molecule has 3 rings (SSSR count). The SMILES string of the molecule is COC(=O)c1c(NC(=O)c2c(-c3ccccc3)noc2C)sc(C)c1C. The molecule has 0 spiro atoms. The second kappa shape index (κ2) is 7.13. The van der Waals surface area contributed by atoms with Gasteiger partial charge in [-0.05, 0) is 26.3 Å². The average molecular weight is 370 g/mol. The Morgan fingerprint density at radius 1 is 1.12 bits per heavy atom. The predicted octanol–water partition coefficient (Wildman–Crippen LogP) is 4.37. The number of carbonyl (C=O) groups excluding carboxylic acids is 2. The molecule has 26 heavy (non-hydrogen) atoms. The van der Waals surface area contributed by atoms with Crippen molar-refractivity contribution in [3.63, 3.8) is 0 Å². The van der Waals surface area contributed by atoms with Gasteiger partial charge in [0.1, 0.15) is 22.0 Å². The van der Waals surface area contributed by atoms with E-state index in [1.807, 2.05) is 44.2 Å². The molecule has 0 aliphatic heterocycles. The summed E-state index contributed by atoms with van der Waals surface area (Å²) < 4.78 is 10.1. The molecule has 134 valence electrons. The zero-order valence-corrected chi connectivity index (χ0v) is 15.7. The third-order valence-electron chi connectivity index (χ3n) is 4.14. The first-order valence-corrected chi connectivity index (χ1v) is 8.77. The molecule has 1 aromatic carbocycles. The Bertz CT molecular complexity index is 973. The van der Waals surface area contributed by atoms with E-state index < -0.39 is 5.97 Å². The fourth-order valence-corrected chi connectivity index (χ4v) is 3.70. The number of benzene rings is 1. The van der Waals surface area contributed by atoms with Gasteiger partial charge < -0.3 is 14.6 Å². The highest BCUT2D eigenvalue weighted by Gasteiger charge is 2.26. The van der Waals surface area contributed by atoms with Crippen LogP contribution in [-0.4, -0.2) is 24.1 Å². The second-order valence-electron chi connectivity index (χ2n) is 5.76. The van der Waals surface area contributed by atoms with E-state index in [-0.39, 0.29) is 5.91 Å². The highest BCUT2D eigenvalue weighted by molar-refractivity contribution is 7.16. The minimum atomic E-state index is -0.479. The van der Waals surface area contributed by atoms with Crippen molar-refractivity contribution in [2.75, 3.05) is 12.4 Å². The Morgan fingerprint density at radius 3 is 2.46 bits per heavy atom. The predicted molar refractivity (Wildman–Crippen MR) is 99.8 cm³/mol. The van der Waals surface area contributed by atoms with Crippen molar-refractivity contribution >= 4 is 28.2 Å². The molecule has 2 aromatic heterocycles. The molecule has 0 atom stereocenters. The van der Waals surface area contributed by atoms with Crippen LogP contribution in [0.4, 0.5) is 5.00 Å². The number of nitrogens with one attached hydrogen (secondary N) is 1. The molecule has 0 radical (unpaired) electrons. The maximum Gasteiger partial charge on any atom is 0.341 e. The van der Waals surface area contributed by atoms with Gasteiger partial charge in [0, 0.05) is 10.4 Å². The summed E-state index contributed by atoms with van der Waals surface area (Å²) in [5.74, 6) is -0.451. The Morgan fingerprint density at radius 2 is 1.81 bits per heavy atom. The number of nitrogens with zero attached hydrogens (tertiary/aromatic N) is 1. The number of aryl methyl sites for hydroxylation is 2. The molecule has 0 bridgehead atoms. The van der Waals surface area contributed by atoms with Crippen LogP contribution < -0.4 is 5.32 Å². The molecule has 2 heterocycles. The van der Waals surface area contributed by atoms with Crippen LogP contribution in [-0.2, 0) is 4.74 Å². The molecule has 1 amide bonds. The minimum absolute atomic E-state index is 0.343. The van der Waals surface area contributed by atoms with Crippen molar-refractivity contribution in [2.45, 2.75) is 20.8 Å². The molecular formula is C19H18N2O4S. The largest absolute Gasteiger partial charge is 0.465 e. The summed E-state index contributed by atoms with van der Waals surface area (Å²) in [7, 11) is 1.32. The number of rotatable bonds is 4. The maximum absolute atomic E-state index is 12.9. The number of amides is 1. The lowest BCUT2D eigenvalue weighted by atomic mass is 10.1. The summed E-state index contributed by atoms with van der Waals surface area (Å²) in [5, 5.41) is 7.30. The molecule has 0 saturated heterocycles. The van der Waals surface area contributed by atoms with Crippen LogP contribution in [0.15, 0.2) is 34.9 Å². The minimum Gasteiger partial charge on any atom is -0.465 e. The molecule has 0 saturated carbocycles. The van der Waals surface area contributed by atoms with E-state index in [0.717, 1.165) is 16.0 Å². The van der Waals surface area contributed by atoms with E-state index in [1.54, 1.807) is 6.92 Å². The normalized spacial score (nSPS) is 10.6. The zero-order valence-electron chi connectivity index (χ0n) is 14.9. The number of anilines is 1. The highest BCUT2D eigenvalue weighted by atomic mass is 32.1. The van der Waals surface area contributed by atoms with Crippen LogP contribution in [0.3, 0.4) is 0 Å². The lowest BCUT2D eigenvalue weighted by Crippen LogP contribution is -2.15. The van der Waals surface area contributed by atoms with E-state index in [2.05, 4.69) is 10.5 Å². The first-order valence-electron chi connectivity index (χ1n) is 7.95. The van der Waals surface area contributed by atoms with Crippen molar-refractivity contribution < 1.29 is 18.8 Å². The van der Waals surface area contributed by atoms with E-state index >= 15 is 0 Å². The molecule has 1 N–H and O–H groups in total. The molecule has 0 aliphatic rings. The lowest BCUT2D eigenvalue weighted by Gasteiger charge is -2.07. The number of ether oxygens (including phenoxy) is 1. The van der Waals surface area contributed by atoms with E-state index in [4.69, 9.17) is 9.26 Å². The third-order valence-corrected chi connectivity index (χ3v) is 5.26. The van der Waals surface area contributed by atoms with E-state index in [1.165, 1.54) is 18.4 Å². The summed E-state index contributed by atoms with van der Waals surface area (Å²) in [4.78, 5) is 25.9. The summed E-state index contributed by atoms with van der Waals surface area (Å²) in [6, 6.07) is 9.32. The molecule has 6 nitrogen and oxygen atoms in total. The smallest absolute Gasteiger partial charge is 0.341 e. The maximum atomic E-state index is 12.9. The van der Waals surface area contributed by atoms with Crippen molar-refractivity contribution in [1.29, 1.82) is 0 Å². The van der Waals surface area contributed by atoms with Crippen molar-refractivity contribution in [3.05, 3.63) is 57.7 Å². The average Bonchev–Trinajstić information content (AvgIpc) is 3.15. The highest BCUT2D eigenvalue weighted by Crippen LogP contribution is 2.34. The summed E-state index contributed by atoms with van der Waals surface area (Å²) >= 11 is 1.33. The van der Waals surface area contributed by atoms with Crippen LogP contribution in [0.5, 0.6) is 0 Å². The van der Waals surface area contributed by atoms with Crippen molar-refractivity contribution in [1.82, 2.24) is 5.16 Å². The van der Waals surface area contributed by atoms with Gasteiger partial charge in [0.05, 0.1) is 12.7 Å². The summed E-state index contributed by atoms with van der Waals surface area (Å²) in [6.45, 7) is 5.40. The van der Waals surface area contributed by atoms with Gasteiger partial charge >= 0.3 is 5.97 Å². The summed E-state index contributed by atoms with van der Waals surface area (Å²) in [6.07, 6.45) is 0. The van der Waals surface area contributed by atoms with Gasteiger partial charge in [-0.15, -0.1) is 11.3 Å². The number of methoxy groups -OCH3 is 1. The standard InChI is InChI=1S/C19H18N2O4S/c1-10-12(3)26-18(14(10)19(23)24-4)20-17(22)15-11(2)25-21-16(15)13-8-6-5-7-9-13/h5-9H,1-4H3,(H,20,22). The van der Waals surface area contributed by atoms with Gasteiger partial charge in [0.15, 0.2) is 0 Å². The van der Waals surface area contributed by atoms with Gasteiger partial charge in [-0.3, -0.25) is 4.79 Å². The summed E-state index contributed by atoms with van der Waals surface area (Å²) in [5.41, 5.74) is 2.75. The van der Waals surface area contributed by atoms with Crippen LogP contribution in [0.25, 0.3) is 11.3 Å². The van der Waals surface area contributed by atoms with Crippen LogP contribution in [0.2, 0.25) is 0 Å². The van der Waals surface area contributed by atoms with Crippen LogP contribution >= 0.6 is 11.3 Å². The first-order chi connectivity index (χ1) is 12.4. The first kappa shape index (κ1) is 17.9. The molecular weight excluding hydrogens is 352 g/mol. The third kappa shape index (κ3) is 3.13. The number of thiophene rings is 1. The Kier molecular flexibility index (Phi) is 4.90. The fourth-order valence-electron chi connectivity index (χ4n) is 2.66. The van der Waals surface area contributed by atoms with Crippen LogP contribution in [0, 0.1) is 20.8 Å². The molecule has 7 heteroatoms. The molecule has 3 aromatic rings. The number of carbonyl (C=O) groups is 2.